The maximum absolute atomic E-state index is 12.8. The lowest BCUT2D eigenvalue weighted by Gasteiger charge is -2.32. The molecule has 1 aromatic carbocycles. The molecule has 1 fully saturated rings. The zero-order valence-corrected chi connectivity index (χ0v) is 13.5. The van der Waals surface area contributed by atoms with Crippen molar-refractivity contribution in [2.45, 2.75) is 51.0 Å². The molecule has 0 saturated carbocycles. The van der Waals surface area contributed by atoms with Gasteiger partial charge in [0.1, 0.15) is 5.82 Å². The summed E-state index contributed by atoms with van der Waals surface area (Å²) in [5.74, 6) is -0.0530. The number of aryl methyl sites for hydroxylation is 1. The number of hydrogen-bond donors (Lipinski definition) is 1. The first-order valence-electron chi connectivity index (χ1n) is 8.36. The van der Waals surface area contributed by atoms with Gasteiger partial charge in [-0.3, -0.25) is 4.79 Å². The standard InChI is InChI=1S/C18H27FN2O/c1-21-14-3-2-6-17(21)11-12-18(22)20-13-4-5-15-7-9-16(19)10-8-15/h7-10,17H,2-6,11-14H2,1H3,(H,20,22). The number of halogens is 1. The van der Waals surface area contributed by atoms with Crippen LogP contribution in [0.15, 0.2) is 24.3 Å². The van der Waals surface area contributed by atoms with Gasteiger partial charge in [-0.15, -0.1) is 0 Å². The van der Waals surface area contributed by atoms with Crippen LogP contribution in [-0.4, -0.2) is 37.0 Å². The summed E-state index contributed by atoms with van der Waals surface area (Å²) < 4.78 is 12.8. The number of carbonyl (C=O) groups excluding carboxylic acids is 1. The number of likely N-dealkylation sites (tertiary alicyclic amines) is 1. The molecule has 0 aromatic heterocycles. The summed E-state index contributed by atoms with van der Waals surface area (Å²) in [5.41, 5.74) is 1.11. The van der Waals surface area contributed by atoms with E-state index in [1.807, 2.05) is 0 Å². The average Bonchev–Trinajstić information content (AvgIpc) is 2.52. The maximum atomic E-state index is 12.8. The van der Waals surface area contributed by atoms with Gasteiger partial charge in [0.05, 0.1) is 0 Å². The number of nitrogens with zero attached hydrogens (tertiary/aromatic N) is 1. The van der Waals surface area contributed by atoms with Crippen LogP contribution in [0.4, 0.5) is 4.39 Å². The van der Waals surface area contributed by atoms with E-state index in [1.165, 1.54) is 31.4 Å². The molecule has 0 spiro atoms. The molecule has 1 aromatic rings. The highest BCUT2D eigenvalue weighted by atomic mass is 19.1. The molecule has 0 radical (unpaired) electrons. The van der Waals surface area contributed by atoms with Crippen LogP contribution in [0.25, 0.3) is 0 Å². The highest BCUT2D eigenvalue weighted by molar-refractivity contribution is 5.75. The van der Waals surface area contributed by atoms with Crippen LogP contribution >= 0.6 is 0 Å². The van der Waals surface area contributed by atoms with Gasteiger partial charge in [0.15, 0.2) is 0 Å². The molecule has 1 atom stereocenters. The molecule has 1 aliphatic rings. The molecule has 1 aliphatic heterocycles. The number of piperidine rings is 1. The molecular weight excluding hydrogens is 279 g/mol. The van der Waals surface area contributed by atoms with E-state index in [1.54, 1.807) is 12.1 Å². The lowest BCUT2D eigenvalue weighted by atomic mass is 9.98. The monoisotopic (exact) mass is 306 g/mol. The Morgan fingerprint density at radius 1 is 1.32 bits per heavy atom. The van der Waals surface area contributed by atoms with Gasteiger partial charge in [0.2, 0.25) is 5.91 Å². The van der Waals surface area contributed by atoms with Crippen LogP contribution in [0.3, 0.4) is 0 Å². The van der Waals surface area contributed by atoms with Crippen molar-refractivity contribution >= 4 is 5.91 Å². The molecule has 1 N–H and O–H groups in total. The number of carbonyl (C=O) groups is 1. The Morgan fingerprint density at radius 3 is 2.82 bits per heavy atom. The Bertz CT molecular complexity index is 461. The summed E-state index contributed by atoms with van der Waals surface area (Å²) in [6, 6.07) is 7.13. The van der Waals surface area contributed by atoms with E-state index in [9.17, 15) is 9.18 Å². The molecular formula is C18H27FN2O. The lowest BCUT2D eigenvalue weighted by molar-refractivity contribution is -0.121. The van der Waals surface area contributed by atoms with Crippen LogP contribution in [-0.2, 0) is 11.2 Å². The Labute approximate surface area is 132 Å². The van der Waals surface area contributed by atoms with Gasteiger partial charge in [-0.1, -0.05) is 18.6 Å². The molecule has 1 heterocycles. The first-order valence-corrected chi connectivity index (χ1v) is 8.36. The molecule has 22 heavy (non-hydrogen) atoms. The molecule has 1 amide bonds. The van der Waals surface area contributed by atoms with Crippen LogP contribution in [0.5, 0.6) is 0 Å². The Morgan fingerprint density at radius 2 is 2.09 bits per heavy atom. The van der Waals surface area contributed by atoms with Crippen LogP contribution in [0.2, 0.25) is 0 Å². The van der Waals surface area contributed by atoms with Gasteiger partial charge in [-0.25, -0.2) is 4.39 Å². The Hall–Kier alpha value is -1.42. The van der Waals surface area contributed by atoms with Gasteiger partial charge in [-0.2, -0.15) is 0 Å². The molecule has 2 rings (SSSR count). The second-order valence-corrected chi connectivity index (χ2v) is 6.25. The summed E-state index contributed by atoms with van der Waals surface area (Å²) >= 11 is 0. The van der Waals surface area contributed by atoms with Crippen molar-refractivity contribution in [1.82, 2.24) is 10.2 Å². The molecule has 4 heteroatoms. The zero-order valence-electron chi connectivity index (χ0n) is 13.5. The quantitative estimate of drug-likeness (QED) is 0.785. The summed E-state index contributed by atoms with van der Waals surface area (Å²) in [6.45, 7) is 1.85. The van der Waals surface area contributed by atoms with E-state index >= 15 is 0 Å². The van der Waals surface area contributed by atoms with Crippen molar-refractivity contribution in [3.63, 3.8) is 0 Å². The second-order valence-electron chi connectivity index (χ2n) is 6.25. The summed E-state index contributed by atoms with van der Waals surface area (Å²) in [7, 11) is 2.16. The first kappa shape index (κ1) is 16.9. The molecule has 122 valence electrons. The number of benzene rings is 1. The first-order chi connectivity index (χ1) is 10.6. The third-order valence-electron chi connectivity index (χ3n) is 4.50. The van der Waals surface area contributed by atoms with Crippen LogP contribution in [0.1, 0.15) is 44.1 Å². The van der Waals surface area contributed by atoms with Crippen molar-refractivity contribution in [2.24, 2.45) is 0 Å². The van der Waals surface area contributed by atoms with E-state index in [0.29, 0.717) is 19.0 Å². The van der Waals surface area contributed by atoms with Crippen molar-refractivity contribution in [3.05, 3.63) is 35.6 Å². The normalized spacial score (nSPS) is 19.1. The van der Waals surface area contributed by atoms with Gasteiger partial charge < -0.3 is 10.2 Å². The van der Waals surface area contributed by atoms with Gasteiger partial charge >= 0.3 is 0 Å². The van der Waals surface area contributed by atoms with Crippen LogP contribution in [0, 0.1) is 5.82 Å². The molecule has 3 nitrogen and oxygen atoms in total. The minimum Gasteiger partial charge on any atom is -0.356 e. The highest BCUT2D eigenvalue weighted by Gasteiger charge is 2.19. The van der Waals surface area contributed by atoms with E-state index in [2.05, 4.69) is 17.3 Å². The van der Waals surface area contributed by atoms with E-state index in [0.717, 1.165) is 31.4 Å². The van der Waals surface area contributed by atoms with E-state index in [4.69, 9.17) is 0 Å². The molecule has 0 aliphatic carbocycles. The summed E-state index contributed by atoms with van der Waals surface area (Å²) in [5, 5.41) is 2.99. The predicted octanol–water partition coefficient (Wildman–Crippen LogP) is 3.14. The average molecular weight is 306 g/mol. The highest BCUT2D eigenvalue weighted by Crippen LogP contribution is 2.18. The predicted molar refractivity (Wildman–Crippen MR) is 87.2 cm³/mol. The number of nitrogens with one attached hydrogen (secondary N) is 1. The van der Waals surface area contributed by atoms with Crippen molar-refractivity contribution < 1.29 is 9.18 Å². The third kappa shape index (κ3) is 5.76. The zero-order chi connectivity index (χ0) is 15.8. The van der Waals surface area contributed by atoms with Crippen molar-refractivity contribution in [1.29, 1.82) is 0 Å². The minimum atomic E-state index is -0.204. The number of rotatable bonds is 7. The van der Waals surface area contributed by atoms with E-state index in [-0.39, 0.29) is 11.7 Å². The molecule has 1 saturated heterocycles. The largest absolute Gasteiger partial charge is 0.356 e. The van der Waals surface area contributed by atoms with Gasteiger partial charge in [0.25, 0.3) is 0 Å². The minimum absolute atomic E-state index is 0.151. The number of hydrogen-bond acceptors (Lipinski definition) is 2. The van der Waals surface area contributed by atoms with E-state index < -0.39 is 0 Å². The molecule has 1 unspecified atom stereocenters. The summed E-state index contributed by atoms with van der Waals surface area (Å²) in [6.07, 6.45) is 7.11. The fourth-order valence-electron chi connectivity index (χ4n) is 3.07. The maximum Gasteiger partial charge on any atom is 0.220 e. The van der Waals surface area contributed by atoms with Gasteiger partial charge in [0, 0.05) is 19.0 Å². The second kappa shape index (κ2) is 8.89. The third-order valence-corrected chi connectivity index (χ3v) is 4.50. The summed E-state index contributed by atoms with van der Waals surface area (Å²) in [4.78, 5) is 14.2. The van der Waals surface area contributed by atoms with Crippen molar-refractivity contribution in [2.75, 3.05) is 20.1 Å². The van der Waals surface area contributed by atoms with Crippen molar-refractivity contribution in [3.8, 4) is 0 Å². The van der Waals surface area contributed by atoms with Crippen LogP contribution < -0.4 is 5.32 Å². The molecule has 0 bridgehead atoms. The topological polar surface area (TPSA) is 32.3 Å². The fourth-order valence-corrected chi connectivity index (χ4v) is 3.07. The SMILES string of the molecule is CN1CCCCC1CCC(=O)NCCCc1ccc(F)cc1. The Kier molecular flexibility index (Phi) is 6.84. The lowest BCUT2D eigenvalue weighted by Crippen LogP contribution is -2.37. The number of amides is 1. The smallest absolute Gasteiger partial charge is 0.220 e. The fraction of sp³-hybridized carbons (Fsp3) is 0.611. The Balaban J connectivity index is 1.56. The van der Waals surface area contributed by atoms with Gasteiger partial charge in [-0.05, 0) is 63.4 Å².